The van der Waals surface area contributed by atoms with Gasteiger partial charge in [-0.1, -0.05) is 11.3 Å². The maximum atomic E-state index is 12.2. The summed E-state index contributed by atoms with van der Waals surface area (Å²) >= 11 is 1.23. The molecule has 0 aliphatic heterocycles. The van der Waals surface area contributed by atoms with E-state index >= 15 is 0 Å². The van der Waals surface area contributed by atoms with Crippen molar-refractivity contribution in [3.8, 4) is 0 Å². The molecule has 9 heteroatoms. The number of carbonyl (C=O) groups excluding carboxylic acids is 1. The van der Waals surface area contributed by atoms with Gasteiger partial charge in [0, 0.05) is 19.0 Å². The number of nitrogens with one attached hydrogen (secondary N) is 1. The minimum atomic E-state index is -3.27. The van der Waals surface area contributed by atoms with Crippen LogP contribution >= 0.6 is 11.3 Å². The second kappa shape index (κ2) is 5.74. The average molecular weight is 350 g/mol. The third-order valence-corrected chi connectivity index (χ3v) is 5.27. The minimum Gasteiger partial charge on any atom is -0.298 e. The van der Waals surface area contributed by atoms with Gasteiger partial charge >= 0.3 is 0 Å². The second-order valence-electron chi connectivity index (χ2n) is 4.96. The third-order valence-electron chi connectivity index (χ3n) is 3.23. The summed E-state index contributed by atoms with van der Waals surface area (Å²) < 4.78 is 25.5. The Morgan fingerprint density at radius 2 is 2.17 bits per heavy atom. The molecule has 0 saturated heterocycles. The van der Waals surface area contributed by atoms with Gasteiger partial charge in [-0.15, -0.1) is 0 Å². The molecule has 0 atom stereocenters. The number of nitrogens with zero attached hydrogens (tertiary/aromatic N) is 3. The molecule has 1 aromatic carbocycles. The van der Waals surface area contributed by atoms with Gasteiger partial charge < -0.3 is 0 Å². The highest BCUT2D eigenvalue weighted by Crippen LogP contribution is 2.28. The molecule has 1 N–H and O–H groups in total. The van der Waals surface area contributed by atoms with E-state index < -0.39 is 9.84 Å². The smallest absolute Gasteiger partial charge is 0.260 e. The Morgan fingerprint density at radius 1 is 1.39 bits per heavy atom. The van der Waals surface area contributed by atoms with Crippen LogP contribution in [0.2, 0.25) is 0 Å². The molecule has 0 aliphatic carbocycles. The van der Waals surface area contributed by atoms with Crippen molar-refractivity contribution in [3.05, 3.63) is 36.2 Å². The molecule has 2 aromatic heterocycles. The molecule has 0 spiro atoms. The number of amides is 1. The maximum Gasteiger partial charge on any atom is 0.260 e. The van der Waals surface area contributed by atoms with Crippen LogP contribution in [-0.2, 0) is 16.4 Å². The maximum absolute atomic E-state index is 12.2. The van der Waals surface area contributed by atoms with E-state index in [0.717, 1.165) is 6.26 Å². The van der Waals surface area contributed by atoms with Crippen molar-refractivity contribution in [3.63, 3.8) is 0 Å². The van der Waals surface area contributed by atoms with Gasteiger partial charge in [-0.2, -0.15) is 5.10 Å². The number of aromatic nitrogens is 3. The first-order chi connectivity index (χ1) is 10.9. The Kier molecular flexibility index (Phi) is 3.90. The molecule has 7 nitrogen and oxygen atoms in total. The summed E-state index contributed by atoms with van der Waals surface area (Å²) in [5, 5.41) is 7.18. The predicted octanol–water partition coefficient (Wildman–Crippen LogP) is 2.17. The summed E-state index contributed by atoms with van der Waals surface area (Å²) in [5.41, 5.74) is 1.09. The van der Waals surface area contributed by atoms with Crippen LogP contribution in [0, 0.1) is 0 Å². The van der Waals surface area contributed by atoms with E-state index in [0.29, 0.717) is 27.5 Å². The highest BCUT2D eigenvalue weighted by molar-refractivity contribution is 7.90. The van der Waals surface area contributed by atoms with Crippen molar-refractivity contribution < 1.29 is 13.2 Å². The van der Waals surface area contributed by atoms with Gasteiger partial charge in [0.1, 0.15) is 0 Å². The Balaban J connectivity index is 1.87. The molecule has 1 amide bonds. The van der Waals surface area contributed by atoms with Gasteiger partial charge in [0.15, 0.2) is 15.0 Å². The van der Waals surface area contributed by atoms with Crippen LogP contribution in [0.15, 0.2) is 35.5 Å². The van der Waals surface area contributed by atoms with Crippen LogP contribution in [0.5, 0.6) is 0 Å². The van der Waals surface area contributed by atoms with E-state index in [1.807, 2.05) is 6.92 Å². The van der Waals surface area contributed by atoms with Gasteiger partial charge in [0.25, 0.3) is 5.91 Å². The number of carbonyl (C=O) groups is 1. The van der Waals surface area contributed by atoms with Crippen LogP contribution in [0.3, 0.4) is 0 Å². The van der Waals surface area contributed by atoms with E-state index in [4.69, 9.17) is 0 Å². The van der Waals surface area contributed by atoms with Crippen molar-refractivity contribution in [1.29, 1.82) is 0 Å². The molecule has 3 rings (SSSR count). The largest absolute Gasteiger partial charge is 0.298 e. The third kappa shape index (κ3) is 3.25. The number of sulfone groups is 1. The monoisotopic (exact) mass is 350 g/mol. The lowest BCUT2D eigenvalue weighted by molar-refractivity contribution is 0.102. The minimum absolute atomic E-state index is 0.232. The zero-order chi connectivity index (χ0) is 16.6. The fraction of sp³-hybridized carbons (Fsp3) is 0.214. The summed E-state index contributed by atoms with van der Waals surface area (Å²) in [4.78, 5) is 16.7. The van der Waals surface area contributed by atoms with Crippen LogP contribution < -0.4 is 5.32 Å². The first-order valence-electron chi connectivity index (χ1n) is 6.81. The number of aryl methyl sites for hydroxylation is 1. The lowest BCUT2D eigenvalue weighted by Crippen LogP contribution is -2.10. The molecule has 2 heterocycles. The molecule has 0 fully saturated rings. The first-order valence-corrected chi connectivity index (χ1v) is 9.52. The SMILES string of the molecule is CCn1cc(C(=O)Nc2nc3ccc(S(C)(=O)=O)cc3s2)cn1. The lowest BCUT2D eigenvalue weighted by Gasteiger charge is -1.97. The number of hydrogen-bond donors (Lipinski definition) is 1. The standard InChI is InChI=1S/C14H14N4O3S2/c1-3-18-8-9(7-15-18)13(19)17-14-16-11-5-4-10(23(2,20)21)6-12(11)22-14/h4-8H,3H2,1-2H3,(H,16,17,19). The summed E-state index contributed by atoms with van der Waals surface area (Å²) in [5.74, 6) is -0.299. The predicted molar refractivity (Wildman–Crippen MR) is 88.6 cm³/mol. The number of thiazole rings is 1. The van der Waals surface area contributed by atoms with E-state index in [-0.39, 0.29) is 10.8 Å². The van der Waals surface area contributed by atoms with Crippen LogP contribution in [0.25, 0.3) is 10.2 Å². The zero-order valence-electron chi connectivity index (χ0n) is 12.5. The Bertz CT molecular complexity index is 989. The van der Waals surface area contributed by atoms with E-state index in [1.165, 1.54) is 23.6 Å². The highest BCUT2D eigenvalue weighted by Gasteiger charge is 2.14. The normalized spacial score (nSPS) is 11.7. The molecular formula is C14H14N4O3S2. The molecule has 0 unspecified atom stereocenters. The average Bonchev–Trinajstić information content (AvgIpc) is 3.11. The molecule has 0 bridgehead atoms. The van der Waals surface area contributed by atoms with Crippen molar-refractivity contribution in [1.82, 2.24) is 14.8 Å². The van der Waals surface area contributed by atoms with Crippen molar-refractivity contribution >= 4 is 42.4 Å². The zero-order valence-corrected chi connectivity index (χ0v) is 14.1. The van der Waals surface area contributed by atoms with Crippen molar-refractivity contribution in [2.45, 2.75) is 18.4 Å². The number of benzene rings is 1. The molecule has 3 aromatic rings. The Morgan fingerprint density at radius 3 is 2.83 bits per heavy atom. The molecule has 0 aliphatic rings. The van der Waals surface area contributed by atoms with Gasteiger partial charge in [-0.3, -0.25) is 14.8 Å². The first kappa shape index (κ1) is 15.6. The number of hydrogen-bond acceptors (Lipinski definition) is 6. The topological polar surface area (TPSA) is 94.0 Å². The fourth-order valence-electron chi connectivity index (χ4n) is 2.01. The van der Waals surface area contributed by atoms with Gasteiger partial charge in [-0.25, -0.2) is 13.4 Å². The van der Waals surface area contributed by atoms with Crippen LogP contribution in [0.1, 0.15) is 17.3 Å². The molecule has 120 valence electrons. The van der Waals surface area contributed by atoms with E-state index in [1.54, 1.807) is 23.0 Å². The fourth-order valence-corrected chi connectivity index (χ4v) is 3.63. The van der Waals surface area contributed by atoms with E-state index in [2.05, 4.69) is 15.4 Å². The van der Waals surface area contributed by atoms with Crippen LogP contribution in [0.4, 0.5) is 5.13 Å². The van der Waals surface area contributed by atoms with Crippen molar-refractivity contribution in [2.24, 2.45) is 0 Å². The number of fused-ring (bicyclic) bond motifs is 1. The molecule has 0 saturated carbocycles. The van der Waals surface area contributed by atoms with Gasteiger partial charge in [0.2, 0.25) is 0 Å². The number of anilines is 1. The number of rotatable bonds is 4. The molecular weight excluding hydrogens is 336 g/mol. The quantitative estimate of drug-likeness (QED) is 0.778. The molecule has 23 heavy (non-hydrogen) atoms. The lowest BCUT2D eigenvalue weighted by atomic mass is 10.3. The second-order valence-corrected chi connectivity index (χ2v) is 8.01. The van der Waals surface area contributed by atoms with Crippen LogP contribution in [-0.4, -0.2) is 35.3 Å². The summed E-state index contributed by atoms with van der Waals surface area (Å²) in [6.45, 7) is 2.62. The van der Waals surface area contributed by atoms with Gasteiger partial charge in [0.05, 0.1) is 26.9 Å². The Labute approximate surface area is 136 Å². The summed E-state index contributed by atoms with van der Waals surface area (Å²) in [6, 6.07) is 4.70. The summed E-state index contributed by atoms with van der Waals surface area (Å²) in [6.07, 6.45) is 4.31. The Hall–Kier alpha value is -2.26. The van der Waals surface area contributed by atoms with E-state index in [9.17, 15) is 13.2 Å². The molecule has 0 radical (unpaired) electrons. The summed E-state index contributed by atoms with van der Waals surface area (Å²) in [7, 11) is -3.27. The van der Waals surface area contributed by atoms with Gasteiger partial charge in [-0.05, 0) is 25.1 Å². The highest BCUT2D eigenvalue weighted by atomic mass is 32.2. The van der Waals surface area contributed by atoms with Crippen molar-refractivity contribution in [2.75, 3.05) is 11.6 Å².